The number of hydrogen-bond donors (Lipinski definition) is 1. The van der Waals surface area contributed by atoms with Crippen LogP contribution in [0.3, 0.4) is 0 Å². The van der Waals surface area contributed by atoms with Gasteiger partial charge in [-0.25, -0.2) is 0 Å². The van der Waals surface area contributed by atoms with Crippen molar-refractivity contribution in [1.29, 1.82) is 0 Å². The highest BCUT2D eigenvalue weighted by Gasteiger charge is 2.08. The zero-order valence-electron chi connectivity index (χ0n) is 10.1. The summed E-state index contributed by atoms with van der Waals surface area (Å²) in [4.78, 5) is 2.43. The van der Waals surface area contributed by atoms with E-state index in [0.29, 0.717) is 6.04 Å². The van der Waals surface area contributed by atoms with Gasteiger partial charge in [0.1, 0.15) is 0 Å². The third-order valence-corrected chi connectivity index (χ3v) is 3.00. The summed E-state index contributed by atoms with van der Waals surface area (Å²) in [6.07, 6.45) is 5.94. The molecule has 0 bridgehead atoms. The molecule has 1 atom stereocenters. The molecule has 84 valence electrons. The standard InChI is InChI=1S/C12H25NS/c1-5-11(3)10-12(6-2)13(4)8-7-9-14/h10,12,14H,5-9H2,1-4H3. The van der Waals surface area contributed by atoms with Gasteiger partial charge < -0.3 is 0 Å². The van der Waals surface area contributed by atoms with Gasteiger partial charge in [0.2, 0.25) is 0 Å². The summed E-state index contributed by atoms with van der Waals surface area (Å²) in [6.45, 7) is 7.83. The molecule has 0 heterocycles. The van der Waals surface area contributed by atoms with Gasteiger partial charge in [0.25, 0.3) is 0 Å². The molecule has 0 aliphatic carbocycles. The molecule has 0 N–H and O–H groups in total. The van der Waals surface area contributed by atoms with Crippen LogP contribution >= 0.6 is 12.6 Å². The summed E-state index contributed by atoms with van der Waals surface area (Å²) in [5, 5.41) is 0. The maximum absolute atomic E-state index is 4.24. The van der Waals surface area contributed by atoms with Gasteiger partial charge in [-0.05, 0) is 45.5 Å². The third kappa shape index (κ3) is 5.71. The van der Waals surface area contributed by atoms with E-state index in [-0.39, 0.29) is 0 Å². The van der Waals surface area contributed by atoms with Gasteiger partial charge in [-0.15, -0.1) is 0 Å². The molecule has 0 radical (unpaired) electrons. The predicted octanol–water partition coefficient (Wildman–Crippen LogP) is 3.37. The number of rotatable bonds is 7. The monoisotopic (exact) mass is 215 g/mol. The first kappa shape index (κ1) is 14.1. The number of thiol groups is 1. The zero-order chi connectivity index (χ0) is 11.0. The molecular formula is C12H25NS. The van der Waals surface area contributed by atoms with Crippen LogP contribution in [0.15, 0.2) is 11.6 Å². The first-order valence-electron chi connectivity index (χ1n) is 5.64. The van der Waals surface area contributed by atoms with Crippen molar-refractivity contribution in [2.24, 2.45) is 0 Å². The Morgan fingerprint density at radius 2 is 2.07 bits per heavy atom. The maximum atomic E-state index is 4.24. The van der Waals surface area contributed by atoms with Crippen molar-refractivity contribution in [2.45, 2.75) is 46.1 Å². The minimum absolute atomic E-state index is 0.606. The van der Waals surface area contributed by atoms with Crippen LogP contribution in [-0.4, -0.2) is 30.3 Å². The topological polar surface area (TPSA) is 3.24 Å². The van der Waals surface area contributed by atoms with Crippen molar-refractivity contribution in [3.05, 3.63) is 11.6 Å². The van der Waals surface area contributed by atoms with Crippen LogP contribution in [0.5, 0.6) is 0 Å². The molecule has 1 nitrogen and oxygen atoms in total. The van der Waals surface area contributed by atoms with Crippen LogP contribution in [0.25, 0.3) is 0 Å². The number of allylic oxidation sites excluding steroid dienone is 1. The predicted molar refractivity (Wildman–Crippen MR) is 69.2 cm³/mol. The summed E-state index contributed by atoms with van der Waals surface area (Å²) >= 11 is 4.24. The first-order chi connectivity index (χ1) is 6.65. The van der Waals surface area contributed by atoms with E-state index in [1.54, 1.807) is 0 Å². The molecule has 2 heteroatoms. The quantitative estimate of drug-likeness (QED) is 0.503. The average Bonchev–Trinajstić information content (AvgIpc) is 2.21. The van der Waals surface area contributed by atoms with Gasteiger partial charge in [-0.2, -0.15) is 12.6 Å². The maximum Gasteiger partial charge on any atom is 0.0275 e. The fraction of sp³-hybridized carbons (Fsp3) is 0.833. The summed E-state index contributed by atoms with van der Waals surface area (Å²) in [6, 6.07) is 0.606. The minimum atomic E-state index is 0.606. The molecule has 0 spiro atoms. The summed E-state index contributed by atoms with van der Waals surface area (Å²) in [5.74, 6) is 0.983. The molecular weight excluding hydrogens is 190 g/mol. The fourth-order valence-corrected chi connectivity index (χ4v) is 1.63. The van der Waals surface area contributed by atoms with E-state index in [0.717, 1.165) is 18.7 Å². The lowest BCUT2D eigenvalue weighted by atomic mass is 10.1. The van der Waals surface area contributed by atoms with Gasteiger partial charge in [0, 0.05) is 6.04 Å². The highest BCUT2D eigenvalue weighted by Crippen LogP contribution is 2.09. The number of nitrogens with zero attached hydrogens (tertiary/aromatic N) is 1. The van der Waals surface area contributed by atoms with Crippen LogP contribution < -0.4 is 0 Å². The van der Waals surface area contributed by atoms with Crippen molar-refractivity contribution in [2.75, 3.05) is 19.3 Å². The lowest BCUT2D eigenvalue weighted by molar-refractivity contribution is 0.276. The van der Waals surface area contributed by atoms with Crippen LogP contribution in [0.1, 0.15) is 40.0 Å². The van der Waals surface area contributed by atoms with Crippen molar-refractivity contribution >= 4 is 12.6 Å². The highest BCUT2D eigenvalue weighted by atomic mass is 32.1. The average molecular weight is 215 g/mol. The van der Waals surface area contributed by atoms with Crippen LogP contribution in [0, 0.1) is 0 Å². The second-order valence-electron chi connectivity index (χ2n) is 3.90. The summed E-state index contributed by atoms with van der Waals surface area (Å²) < 4.78 is 0. The van der Waals surface area contributed by atoms with Crippen molar-refractivity contribution in [3.8, 4) is 0 Å². The SMILES string of the molecule is CCC(C)=CC(CC)N(C)CCCS. The summed E-state index contributed by atoms with van der Waals surface area (Å²) in [5.41, 5.74) is 1.49. The Bertz CT molecular complexity index is 166. The molecule has 0 amide bonds. The first-order valence-corrected chi connectivity index (χ1v) is 6.27. The van der Waals surface area contributed by atoms with Crippen molar-refractivity contribution in [1.82, 2.24) is 4.90 Å². The Labute approximate surface area is 95.0 Å². The Morgan fingerprint density at radius 1 is 1.43 bits per heavy atom. The molecule has 0 saturated carbocycles. The van der Waals surface area contributed by atoms with Gasteiger partial charge in [-0.3, -0.25) is 4.90 Å². The molecule has 0 aromatic carbocycles. The Morgan fingerprint density at radius 3 is 2.50 bits per heavy atom. The molecule has 0 aliphatic heterocycles. The second kappa shape index (κ2) is 8.37. The Balaban J connectivity index is 4.11. The van der Waals surface area contributed by atoms with E-state index in [1.807, 2.05) is 0 Å². The molecule has 0 fully saturated rings. The van der Waals surface area contributed by atoms with Crippen LogP contribution in [0.2, 0.25) is 0 Å². The normalized spacial score (nSPS) is 14.9. The molecule has 14 heavy (non-hydrogen) atoms. The fourth-order valence-electron chi connectivity index (χ4n) is 1.49. The van der Waals surface area contributed by atoms with Gasteiger partial charge >= 0.3 is 0 Å². The number of likely N-dealkylation sites (N-methyl/N-ethyl adjacent to an activating group) is 1. The molecule has 0 saturated heterocycles. The van der Waals surface area contributed by atoms with Crippen LogP contribution in [-0.2, 0) is 0 Å². The molecule has 0 aromatic heterocycles. The number of hydrogen-bond acceptors (Lipinski definition) is 2. The minimum Gasteiger partial charge on any atom is -0.300 e. The third-order valence-electron chi connectivity index (χ3n) is 2.69. The van der Waals surface area contributed by atoms with E-state index < -0.39 is 0 Å². The van der Waals surface area contributed by atoms with E-state index >= 15 is 0 Å². The Kier molecular flexibility index (Phi) is 8.40. The van der Waals surface area contributed by atoms with Crippen LogP contribution in [0.4, 0.5) is 0 Å². The smallest absolute Gasteiger partial charge is 0.0275 e. The lowest BCUT2D eigenvalue weighted by Gasteiger charge is -2.24. The second-order valence-corrected chi connectivity index (χ2v) is 4.35. The van der Waals surface area contributed by atoms with E-state index in [4.69, 9.17) is 0 Å². The largest absolute Gasteiger partial charge is 0.300 e. The lowest BCUT2D eigenvalue weighted by Crippen LogP contribution is -2.30. The molecule has 1 unspecified atom stereocenters. The van der Waals surface area contributed by atoms with E-state index in [1.165, 1.54) is 18.4 Å². The highest BCUT2D eigenvalue weighted by molar-refractivity contribution is 7.80. The van der Waals surface area contributed by atoms with Crippen molar-refractivity contribution < 1.29 is 0 Å². The van der Waals surface area contributed by atoms with Crippen molar-refractivity contribution in [3.63, 3.8) is 0 Å². The van der Waals surface area contributed by atoms with Gasteiger partial charge in [-0.1, -0.05) is 25.5 Å². The Hall–Kier alpha value is 0.0500. The summed E-state index contributed by atoms with van der Waals surface area (Å²) in [7, 11) is 2.21. The van der Waals surface area contributed by atoms with E-state index in [9.17, 15) is 0 Å². The zero-order valence-corrected chi connectivity index (χ0v) is 11.0. The van der Waals surface area contributed by atoms with E-state index in [2.05, 4.69) is 51.4 Å². The van der Waals surface area contributed by atoms with Gasteiger partial charge in [0.05, 0.1) is 0 Å². The molecule has 0 rings (SSSR count). The van der Waals surface area contributed by atoms with Gasteiger partial charge in [0.15, 0.2) is 0 Å². The molecule has 0 aromatic rings. The molecule has 0 aliphatic rings.